The highest BCUT2D eigenvalue weighted by Crippen LogP contribution is 2.14. The zero-order valence-electron chi connectivity index (χ0n) is 16.3. The van der Waals surface area contributed by atoms with Crippen LogP contribution in [0.3, 0.4) is 0 Å². The first-order valence-electron chi connectivity index (χ1n) is 9.28. The molecule has 1 saturated heterocycles. The van der Waals surface area contributed by atoms with Crippen LogP contribution in [-0.4, -0.2) is 67.4 Å². The quantitative estimate of drug-likeness (QED) is 0.737. The Morgan fingerprint density at radius 2 is 2.15 bits per heavy atom. The van der Waals surface area contributed by atoms with Crippen LogP contribution in [0.15, 0.2) is 16.5 Å². The lowest BCUT2D eigenvalue weighted by atomic mass is 10.0. The second kappa shape index (κ2) is 10.1. The molecule has 0 aliphatic carbocycles. The minimum absolute atomic E-state index is 0.00483. The molecule has 2 rings (SSSR count). The van der Waals surface area contributed by atoms with Gasteiger partial charge in [0.15, 0.2) is 5.76 Å². The molecule has 0 spiro atoms. The molecule has 0 bridgehead atoms. The number of likely N-dealkylation sites (tertiary alicyclic amines) is 1. The Balaban J connectivity index is 1.79. The molecule has 0 radical (unpaired) electrons. The minimum Gasteiger partial charge on any atom is -0.453 e. The van der Waals surface area contributed by atoms with Gasteiger partial charge in [0.2, 0.25) is 11.8 Å². The summed E-state index contributed by atoms with van der Waals surface area (Å²) in [5.41, 5.74) is 0. The lowest BCUT2D eigenvalue weighted by Crippen LogP contribution is -2.49. The number of carbonyl (C=O) groups is 3. The van der Waals surface area contributed by atoms with Crippen LogP contribution < -0.4 is 5.32 Å². The average Bonchev–Trinajstić information content (AvgIpc) is 3.11. The number of piperidine rings is 1. The molecule has 1 aromatic rings. The average molecular weight is 379 g/mol. The molecule has 2 heterocycles. The molecule has 1 fully saturated rings. The molecule has 150 valence electrons. The molecular formula is C19H29N3O5. The van der Waals surface area contributed by atoms with Crippen LogP contribution in [-0.2, 0) is 20.9 Å². The number of nitrogens with one attached hydrogen (secondary N) is 1. The fourth-order valence-electron chi connectivity index (χ4n) is 3.08. The molecule has 0 saturated carbocycles. The minimum atomic E-state index is -0.278. The van der Waals surface area contributed by atoms with Crippen molar-refractivity contribution in [3.8, 4) is 0 Å². The lowest BCUT2D eigenvalue weighted by Gasteiger charge is -2.33. The summed E-state index contributed by atoms with van der Waals surface area (Å²) in [6.45, 7) is 3.59. The van der Waals surface area contributed by atoms with Crippen molar-refractivity contribution < 1.29 is 23.5 Å². The van der Waals surface area contributed by atoms with Gasteiger partial charge >= 0.3 is 0 Å². The van der Waals surface area contributed by atoms with Gasteiger partial charge in [-0.05, 0) is 31.4 Å². The fraction of sp³-hybridized carbons (Fsp3) is 0.632. The van der Waals surface area contributed by atoms with Crippen molar-refractivity contribution in [1.82, 2.24) is 15.1 Å². The summed E-state index contributed by atoms with van der Waals surface area (Å²) in [6.07, 6.45) is 2.71. The van der Waals surface area contributed by atoms with Crippen molar-refractivity contribution in [2.75, 3.05) is 33.8 Å². The third kappa shape index (κ3) is 6.39. The molecule has 0 aromatic carbocycles. The van der Waals surface area contributed by atoms with Gasteiger partial charge in [0.25, 0.3) is 5.91 Å². The van der Waals surface area contributed by atoms with Gasteiger partial charge in [-0.25, -0.2) is 0 Å². The fourth-order valence-corrected chi connectivity index (χ4v) is 3.08. The number of amides is 3. The molecule has 1 aliphatic heterocycles. The summed E-state index contributed by atoms with van der Waals surface area (Å²) in [6, 6.07) is 3.25. The van der Waals surface area contributed by atoms with E-state index in [4.69, 9.17) is 9.15 Å². The number of hydrogen-bond donors (Lipinski definition) is 1. The first-order chi connectivity index (χ1) is 12.9. The number of hydrogen-bond acceptors (Lipinski definition) is 5. The van der Waals surface area contributed by atoms with Crippen LogP contribution in [0.4, 0.5) is 0 Å². The van der Waals surface area contributed by atoms with Crippen molar-refractivity contribution in [1.29, 1.82) is 0 Å². The summed E-state index contributed by atoms with van der Waals surface area (Å²) in [7, 11) is 3.29. The Kier molecular flexibility index (Phi) is 7.84. The van der Waals surface area contributed by atoms with E-state index in [9.17, 15) is 14.4 Å². The van der Waals surface area contributed by atoms with E-state index in [1.807, 2.05) is 0 Å². The number of furan rings is 1. The number of rotatable bonds is 8. The van der Waals surface area contributed by atoms with Crippen LogP contribution in [0.1, 0.15) is 48.9 Å². The van der Waals surface area contributed by atoms with Gasteiger partial charge in [0.1, 0.15) is 12.4 Å². The van der Waals surface area contributed by atoms with Crippen LogP contribution in [0.5, 0.6) is 0 Å². The van der Waals surface area contributed by atoms with E-state index in [1.165, 1.54) is 6.92 Å². The maximum Gasteiger partial charge on any atom is 0.287 e. The van der Waals surface area contributed by atoms with Crippen LogP contribution in [0.2, 0.25) is 0 Å². The molecule has 1 N–H and O–H groups in total. The summed E-state index contributed by atoms with van der Waals surface area (Å²) in [5, 5.41) is 2.94. The highest BCUT2D eigenvalue weighted by molar-refractivity contribution is 5.91. The van der Waals surface area contributed by atoms with Gasteiger partial charge < -0.3 is 24.3 Å². The van der Waals surface area contributed by atoms with Gasteiger partial charge in [-0.3, -0.25) is 14.4 Å². The second-order valence-corrected chi connectivity index (χ2v) is 6.90. The Morgan fingerprint density at radius 1 is 1.37 bits per heavy atom. The van der Waals surface area contributed by atoms with E-state index < -0.39 is 0 Å². The monoisotopic (exact) mass is 379 g/mol. The van der Waals surface area contributed by atoms with E-state index in [2.05, 4.69) is 5.32 Å². The van der Waals surface area contributed by atoms with Crippen LogP contribution in [0.25, 0.3) is 0 Å². The summed E-state index contributed by atoms with van der Waals surface area (Å²) >= 11 is 0. The predicted octanol–water partition coefficient (Wildman–Crippen LogP) is 1.41. The van der Waals surface area contributed by atoms with E-state index in [1.54, 1.807) is 36.1 Å². The summed E-state index contributed by atoms with van der Waals surface area (Å²) < 4.78 is 10.4. The molecule has 27 heavy (non-hydrogen) atoms. The Hall–Kier alpha value is -2.35. The van der Waals surface area contributed by atoms with Gasteiger partial charge in [-0.2, -0.15) is 0 Å². The van der Waals surface area contributed by atoms with Crippen molar-refractivity contribution in [2.45, 2.75) is 45.3 Å². The molecule has 1 aromatic heterocycles. The smallest absolute Gasteiger partial charge is 0.287 e. The van der Waals surface area contributed by atoms with Crippen LogP contribution in [0, 0.1) is 0 Å². The zero-order chi connectivity index (χ0) is 19.8. The SMILES string of the molecule is COCc1ccc(C(=O)N[C@H]2CCCN(C(=O)CCCN(C)C(C)=O)C2)o1. The topological polar surface area (TPSA) is 92.1 Å². The molecule has 8 heteroatoms. The zero-order valence-corrected chi connectivity index (χ0v) is 16.3. The molecular weight excluding hydrogens is 350 g/mol. The summed E-state index contributed by atoms with van der Waals surface area (Å²) in [5.74, 6) is 0.622. The largest absolute Gasteiger partial charge is 0.453 e. The Labute approximate surface area is 159 Å². The van der Waals surface area contributed by atoms with Gasteiger partial charge in [-0.15, -0.1) is 0 Å². The predicted molar refractivity (Wildman–Crippen MR) is 99.0 cm³/mol. The molecule has 1 atom stereocenters. The Bertz CT molecular complexity index is 658. The number of ether oxygens (including phenoxy) is 1. The number of carbonyl (C=O) groups excluding carboxylic acids is 3. The molecule has 3 amide bonds. The Morgan fingerprint density at radius 3 is 2.85 bits per heavy atom. The number of methoxy groups -OCH3 is 1. The van der Waals surface area contributed by atoms with E-state index >= 15 is 0 Å². The highest BCUT2D eigenvalue weighted by atomic mass is 16.5. The second-order valence-electron chi connectivity index (χ2n) is 6.90. The van der Waals surface area contributed by atoms with E-state index in [0.717, 1.165) is 12.8 Å². The highest BCUT2D eigenvalue weighted by Gasteiger charge is 2.25. The first kappa shape index (κ1) is 21.0. The first-order valence-corrected chi connectivity index (χ1v) is 9.28. The van der Waals surface area contributed by atoms with Crippen molar-refractivity contribution in [3.63, 3.8) is 0 Å². The lowest BCUT2D eigenvalue weighted by molar-refractivity contribution is -0.133. The maximum absolute atomic E-state index is 12.4. The third-order valence-corrected chi connectivity index (χ3v) is 4.70. The molecule has 0 unspecified atom stereocenters. The molecule has 1 aliphatic rings. The van der Waals surface area contributed by atoms with Gasteiger partial charge in [0.05, 0.1) is 0 Å². The van der Waals surface area contributed by atoms with E-state index in [0.29, 0.717) is 44.8 Å². The van der Waals surface area contributed by atoms with Gasteiger partial charge in [0, 0.05) is 53.2 Å². The number of nitrogens with zero attached hydrogens (tertiary/aromatic N) is 2. The third-order valence-electron chi connectivity index (χ3n) is 4.70. The van der Waals surface area contributed by atoms with Crippen molar-refractivity contribution in [2.24, 2.45) is 0 Å². The normalized spacial score (nSPS) is 16.9. The maximum atomic E-state index is 12.4. The standard InChI is InChI=1S/C19H29N3O5/c1-14(23)21(2)10-5-7-18(24)22-11-4-6-15(12-22)20-19(25)17-9-8-16(27-17)13-26-3/h8-9,15H,4-7,10-13H2,1-3H3,(H,20,25)/t15-/m0/s1. The molecule has 8 nitrogen and oxygen atoms in total. The summed E-state index contributed by atoms with van der Waals surface area (Å²) in [4.78, 5) is 39.3. The van der Waals surface area contributed by atoms with Crippen molar-refractivity contribution in [3.05, 3.63) is 23.7 Å². The van der Waals surface area contributed by atoms with Gasteiger partial charge in [-0.1, -0.05) is 0 Å². The van der Waals surface area contributed by atoms with Crippen molar-refractivity contribution >= 4 is 17.7 Å². The van der Waals surface area contributed by atoms with E-state index in [-0.39, 0.29) is 29.5 Å². The van der Waals surface area contributed by atoms with Crippen LogP contribution >= 0.6 is 0 Å².